The van der Waals surface area contributed by atoms with Gasteiger partial charge in [0.2, 0.25) is 0 Å². The predicted molar refractivity (Wildman–Crippen MR) is 79.8 cm³/mol. The van der Waals surface area contributed by atoms with Crippen molar-refractivity contribution in [2.75, 3.05) is 11.9 Å². The van der Waals surface area contributed by atoms with Gasteiger partial charge in [0.1, 0.15) is 5.82 Å². The molecule has 1 aliphatic carbocycles. The number of amides is 1. The molecule has 1 amide bonds. The van der Waals surface area contributed by atoms with Crippen molar-refractivity contribution in [2.24, 2.45) is 0 Å². The van der Waals surface area contributed by atoms with Crippen LogP contribution in [0.15, 0.2) is 12.1 Å². The Morgan fingerprint density at radius 3 is 2.70 bits per heavy atom. The first kappa shape index (κ1) is 14.8. The molecule has 5 nitrogen and oxygen atoms in total. The molecule has 2 N–H and O–H groups in total. The number of anilines is 1. The highest BCUT2D eigenvalue weighted by Crippen LogP contribution is 2.20. The monoisotopic (exact) mass is 276 g/mol. The molecule has 1 heterocycles. The van der Waals surface area contributed by atoms with Crippen molar-refractivity contribution in [1.29, 1.82) is 0 Å². The Morgan fingerprint density at radius 1 is 1.25 bits per heavy atom. The molecular weight excluding hydrogens is 252 g/mol. The van der Waals surface area contributed by atoms with E-state index in [9.17, 15) is 4.79 Å². The van der Waals surface area contributed by atoms with E-state index in [2.05, 4.69) is 27.8 Å². The van der Waals surface area contributed by atoms with Gasteiger partial charge in [0.15, 0.2) is 5.69 Å². The lowest BCUT2D eigenvalue weighted by Crippen LogP contribution is -2.26. The molecule has 110 valence electrons. The van der Waals surface area contributed by atoms with Gasteiger partial charge >= 0.3 is 0 Å². The summed E-state index contributed by atoms with van der Waals surface area (Å²) in [6.45, 7) is 2.79. The predicted octanol–water partition coefficient (Wildman–Crippen LogP) is 2.75. The van der Waals surface area contributed by atoms with Gasteiger partial charge in [-0.25, -0.2) is 0 Å². The fraction of sp³-hybridized carbons (Fsp3) is 0.667. The Kier molecular flexibility index (Phi) is 5.77. The van der Waals surface area contributed by atoms with Gasteiger partial charge in [-0.1, -0.05) is 32.6 Å². The first-order valence-corrected chi connectivity index (χ1v) is 7.68. The Hall–Kier alpha value is -1.65. The fourth-order valence-electron chi connectivity index (χ4n) is 2.46. The van der Waals surface area contributed by atoms with Gasteiger partial charge in [-0.05, 0) is 31.4 Å². The van der Waals surface area contributed by atoms with Crippen LogP contribution in [0.4, 0.5) is 5.82 Å². The topological polar surface area (TPSA) is 66.9 Å². The fourth-order valence-corrected chi connectivity index (χ4v) is 2.46. The van der Waals surface area contributed by atoms with Crippen LogP contribution in [-0.2, 0) is 0 Å². The van der Waals surface area contributed by atoms with Crippen molar-refractivity contribution < 1.29 is 4.79 Å². The molecule has 0 aromatic carbocycles. The Balaban J connectivity index is 1.83. The summed E-state index contributed by atoms with van der Waals surface area (Å²) in [5.74, 6) is 0.622. The van der Waals surface area contributed by atoms with E-state index in [0.29, 0.717) is 18.3 Å². The summed E-state index contributed by atoms with van der Waals surface area (Å²) < 4.78 is 0. The zero-order chi connectivity index (χ0) is 14.2. The molecule has 0 aliphatic heterocycles. The molecular formula is C15H24N4O. The van der Waals surface area contributed by atoms with Crippen molar-refractivity contribution >= 4 is 11.7 Å². The smallest absolute Gasteiger partial charge is 0.271 e. The maximum absolute atomic E-state index is 11.8. The van der Waals surface area contributed by atoms with Crippen molar-refractivity contribution in [3.63, 3.8) is 0 Å². The molecule has 1 aromatic heterocycles. The van der Waals surface area contributed by atoms with Gasteiger partial charge in [0, 0.05) is 12.6 Å². The van der Waals surface area contributed by atoms with E-state index in [1.807, 2.05) is 6.07 Å². The number of nitrogens with zero attached hydrogens (tertiary/aromatic N) is 2. The second-order valence-corrected chi connectivity index (χ2v) is 5.39. The van der Waals surface area contributed by atoms with E-state index in [1.54, 1.807) is 6.07 Å². The molecule has 1 aromatic rings. The average molecular weight is 276 g/mol. The quantitative estimate of drug-likeness (QED) is 0.784. The van der Waals surface area contributed by atoms with Crippen LogP contribution < -0.4 is 10.6 Å². The number of rotatable bonds is 6. The normalized spacial score (nSPS) is 15.8. The summed E-state index contributed by atoms with van der Waals surface area (Å²) in [6.07, 6.45) is 8.34. The van der Waals surface area contributed by atoms with E-state index in [0.717, 1.165) is 18.7 Å². The molecule has 1 saturated carbocycles. The molecule has 0 saturated heterocycles. The summed E-state index contributed by atoms with van der Waals surface area (Å²) >= 11 is 0. The van der Waals surface area contributed by atoms with Crippen LogP contribution >= 0.6 is 0 Å². The highest BCUT2D eigenvalue weighted by atomic mass is 16.1. The average Bonchev–Trinajstić information content (AvgIpc) is 2.49. The molecule has 0 bridgehead atoms. The van der Waals surface area contributed by atoms with Crippen LogP contribution in [0.2, 0.25) is 0 Å². The van der Waals surface area contributed by atoms with Gasteiger partial charge in [-0.15, -0.1) is 10.2 Å². The highest BCUT2D eigenvalue weighted by molar-refractivity contribution is 5.92. The molecule has 0 radical (unpaired) electrons. The van der Waals surface area contributed by atoms with E-state index in [-0.39, 0.29) is 5.91 Å². The summed E-state index contributed by atoms with van der Waals surface area (Å²) in [4.78, 5) is 11.8. The lowest BCUT2D eigenvalue weighted by atomic mass is 9.95. The summed E-state index contributed by atoms with van der Waals surface area (Å²) in [6, 6.07) is 4.08. The van der Waals surface area contributed by atoms with Crippen LogP contribution in [0.25, 0.3) is 0 Å². The number of aromatic nitrogens is 2. The van der Waals surface area contributed by atoms with E-state index in [4.69, 9.17) is 0 Å². The lowest BCUT2D eigenvalue weighted by molar-refractivity contribution is 0.0947. The molecule has 20 heavy (non-hydrogen) atoms. The summed E-state index contributed by atoms with van der Waals surface area (Å²) in [5.41, 5.74) is 0.385. The molecule has 1 fully saturated rings. The second kappa shape index (κ2) is 7.82. The van der Waals surface area contributed by atoms with Crippen molar-refractivity contribution in [3.05, 3.63) is 17.8 Å². The van der Waals surface area contributed by atoms with Gasteiger partial charge in [-0.2, -0.15) is 0 Å². The minimum atomic E-state index is -0.143. The summed E-state index contributed by atoms with van der Waals surface area (Å²) in [7, 11) is 0. The van der Waals surface area contributed by atoms with E-state index in [1.165, 1.54) is 32.1 Å². The van der Waals surface area contributed by atoms with Gasteiger partial charge in [-0.3, -0.25) is 4.79 Å². The molecule has 0 atom stereocenters. The van der Waals surface area contributed by atoms with Crippen LogP contribution in [0, 0.1) is 0 Å². The second-order valence-electron chi connectivity index (χ2n) is 5.39. The maximum Gasteiger partial charge on any atom is 0.271 e. The van der Waals surface area contributed by atoms with Crippen molar-refractivity contribution in [1.82, 2.24) is 15.5 Å². The minimum Gasteiger partial charge on any atom is -0.366 e. The third kappa shape index (κ3) is 4.47. The number of carbonyl (C=O) groups excluding carboxylic acids is 1. The van der Waals surface area contributed by atoms with Gasteiger partial charge in [0.25, 0.3) is 5.91 Å². The van der Waals surface area contributed by atoms with E-state index < -0.39 is 0 Å². The number of nitrogens with one attached hydrogen (secondary N) is 2. The Morgan fingerprint density at radius 2 is 2.05 bits per heavy atom. The lowest BCUT2D eigenvalue weighted by Gasteiger charge is -2.22. The van der Waals surface area contributed by atoms with Gasteiger partial charge < -0.3 is 10.6 Å². The highest BCUT2D eigenvalue weighted by Gasteiger charge is 2.14. The van der Waals surface area contributed by atoms with Gasteiger partial charge in [0.05, 0.1) is 0 Å². The Labute approximate surface area is 120 Å². The van der Waals surface area contributed by atoms with Crippen LogP contribution in [0.5, 0.6) is 0 Å². The first-order chi connectivity index (χ1) is 9.79. The maximum atomic E-state index is 11.8. The standard InChI is InChI=1S/C15H24N4O/c1-2-3-11-16-15(20)13-9-10-14(19-18-13)17-12-7-5-4-6-8-12/h9-10,12H,2-8,11H2,1H3,(H,16,20)(H,17,19). The zero-order valence-electron chi connectivity index (χ0n) is 12.2. The molecule has 1 aliphatic rings. The van der Waals surface area contributed by atoms with Crippen molar-refractivity contribution in [2.45, 2.75) is 57.9 Å². The Bertz CT molecular complexity index is 412. The number of hydrogen-bond donors (Lipinski definition) is 2. The third-order valence-corrected chi connectivity index (χ3v) is 3.67. The summed E-state index contributed by atoms with van der Waals surface area (Å²) in [5, 5.41) is 14.3. The van der Waals surface area contributed by atoms with Crippen LogP contribution in [0.3, 0.4) is 0 Å². The van der Waals surface area contributed by atoms with E-state index >= 15 is 0 Å². The SMILES string of the molecule is CCCCNC(=O)c1ccc(NC2CCCCC2)nn1. The van der Waals surface area contributed by atoms with Crippen LogP contribution in [-0.4, -0.2) is 28.7 Å². The minimum absolute atomic E-state index is 0.143. The number of unbranched alkanes of at least 4 members (excludes halogenated alkanes) is 1. The molecule has 0 unspecified atom stereocenters. The molecule has 5 heteroatoms. The zero-order valence-corrected chi connectivity index (χ0v) is 12.2. The number of hydrogen-bond acceptors (Lipinski definition) is 4. The number of carbonyl (C=O) groups is 1. The largest absolute Gasteiger partial charge is 0.366 e. The molecule has 0 spiro atoms. The molecule has 2 rings (SSSR count). The first-order valence-electron chi connectivity index (χ1n) is 7.68. The third-order valence-electron chi connectivity index (χ3n) is 3.67. The van der Waals surface area contributed by atoms with Crippen molar-refractivity contribution in [3.8, 4) is 0 Å². The van der Waals surface area contributed by atoms with Crippen LogP contribution in [0.1, 0.15) is 62.4 Å².